The predicted molar refractivity (Wildman–Crippen MR) is 104 cm³/mol. The van der Waals surface area contributed by atoms with Crippen LogP contribution in [-0.2, 0) is 6.42 Å². The van der Waals surface area contributed by atoms with E-state index in [0.717, 1.165) is 34.9 Å². The molecular formula is C19H19N3OS2. The van der Waals surface area contributed by atoms with Gasteiger partial charge in [-0.3, -0.25) is 4.79 Å². The number of benzene rings is 1. The standard InChI is InChI=1S/C19H19N3OS2/c1-24-16-10-12-25-18(16)19(23)21-17-9-11-20-22(17)15-8-4-6-13-5-2-3-7-14(13)15/h2-3,5,7,9-12,15H,4,6,8H2,1H3,(H,21,23). The molecule has 1 atom stereocenters. The molecule has 1 aliphatic rings. The molecule has 2 aromatic heterocycles. The normalized spacial score (nSPS) is 16.4. The second-order valence-corrected chi connectivity index (χ2v) is 7.80. The molecule has 1 aromatic carbocycles. The van der Waals surface area contributed by atoms with Gasteiger partial charge in [-0.05, 0) is 48.1 Å². The SMILES string of the molecule is CSc1ccsc1C(=O)Nc1ccnn1C1CCCc2ccccc21. The van der Waals surface area contributed by atoms with Crippen LogP contribution in [0.3, 0.4) is 0 Å². The Morgan fingerprint density at radius 2 is 2.20 bits per heavy atom. The third-order valence-corrected chi connectivity index (χ3v) is 6.42. The van der Waals surface area contributed by atoms with Crippen molar-refractivity contribution < 1.29 is 4.79 Å². The van der Waals surface area contributed by atoms with Crippen LogP contribution in [0.25, 0.3) is 0 Å². The molecule has 128 valence electrons. The van der Waals surface area contributed by atoms with Crippen LogP contribution < -0.4 is 5.32 Å². The minimum atomic E-state index is -0.0646. The van der Waals surface area contributed by atoms with Gasteiger partial charge in [-0.1, -0.05) is 24.3 Å². The first-order valence-corrected chi connectivity index (χ1v) is 10.4. The number of carbonyl (C=O) groups is 1. The molecule has 4 nitrogen and oxygen atoms in total. The molecule has 25 heavy (non-hydrogen) atoms. The van der Waals surface area contributed by atoms with Crippen LogP contribution in [0.15, 0.2) is 52.9 Å². The highest BCUT2D eigenvalue weighted by Gasteiger charge is 2.24. The van der Waals surface area contributed by atoms with Gasteiger partial charge in [-0.25, -0.2) is 4.68 Å². The van der Waals surface area contributed by atoms with Gasteiger partial charge in [0.2, 0.25) is 0 Å². The van der Waals surface area contributed by atoms with Crippen LogP contribution >= 0.6 is 23.1 Å². The molecule has 1 unspecified atom stereocenters. The van der Waals surface area contributed by atoms with Gasteiger partial charge in [0.05, 0.1) is 12.2 Å². The topological polar surface area (TPSA) is 46.9 Å². The van der Waals surface area contributed by atoms with E-state index >= 15 is 0 Å². The highest BCUT2D eigenvalue weighted by molar-refractivity contribution is 7.98. The quantitative estimate of drug-likeness (QED) is 0.669. The van der Waals surface area contributed by atoms with Gasteiger partial charge >= 0.3 is 0 Å². The molecule has 3 aromatic rings. The summed E-state index contributed by atoms with van der Waals surface area (Å²) in [5, 5.41) is 9.52. The first-order valence-electron chi connectivity index (χ1n) is 8.32. The lowest BCUT2D eigenvalue weighted by molar-refractivity contribution is 0.102. The summed E-state index contributed by atoms with van der Waals surface area (Å²) in [5.41, 5.74) is 2.70. The zero-order valence-electron chi connectivity index (χ0n) is 13.9. The lowest BCUT2D eigenvalue weighted by Gasteiger charge is -2.27. The molecule has 0 saturated carbocycles. The molecule has 4 rings (SSSR count). The van der Waals surface area contributed by atoms with Crippen molar-refractivity contribution in [1.29, 1.82) is 0 Å². The van der Waals surface area contributed by atoms with E-state index in [0.29, 0.717) is 0 Å². The number of fused-ring (bicyclic) bond motifs is 1. The van der Waals surface area contributed by atoms with Crippen molar-refractivity contribution in [3.8, 4) is 0 Å². The minimum absolute atomic E-state index is 0.0646. The van der Waals surface area contributed by atoms with E-state index in [2.05, 4.69) is 34.7 Å². The van der Waals surface area contributed by atoms with E-state index < -0.39 is 0 Å². The van der Waals surface area contributed by atoms with Crippen molar-refractivity contribution in [2.75, 3.05) is 11.6 Å². The van der Waals surface area contributed by atoms with E-state index in [9.17, 15) is 4.79 Å². The van der Waals surface area contributed by atoms with Crippen LogP contribution in [0.2, 0.25) is 0 Å². The number of thiophene rings is 1. The summed E-state index contributed by atoms with van der Waals surface area (Å²) in [4.78, 5) is 14.4. The van der Waals surface area contributed by atoms with Crippen molar-refractivity contribution in [3.05, 3.63) is 64.0 Å². The average molecular weight is 370 g/mol. The lowest BCUT2D eigenvalue weighted by atomic mass is 9.88. The summed E-state index contributed by atoms with van der Waals surface area (Å²) >= 11 is 3.06. The van der Waals surface area contributed by atoms with Crippen molar-refractivity contribution in [2.45, 2.75) is 30.2 Å². The van der Waals surface area contributed by atoms with Crippen molar-refractivity contribution in [1.82, 2.24) is 9.78 Å². The molecule has 0 fully saturated rings. The second kappa shape index (κ2) is 7.06. The number of amides is 1. The summed E-state index contributed by atoms with van der Waals surface area (Å²) in [6.07, 6.45) is 7.04. The number of nitrogens with one attached hydrogen (secondary N) is 1. The lowest BCUT2D eigenvalue weighted by Crippen LogP contribution is -2.22. The Hall–Kier alpha value is -2.05. The van der Waals surface area contributed by atoms with Crippen LogP contribution in [0, 0.1) is 0 Å². The smallest absolute Gasteiger partial charge is 0.268 e. The van der Waals surface area contributed by atoms with Crippen LogP contribution in [0.4, 0.5) is 5.82 Å². The molecule has 1 N–H and O–H groups in total. The highest BCUT2D eigenvalue weighted by Crippen LogP contribution is 2.34. The number of hydrogen-bond donors (Lipinski definition) is 1. The predicted octanol–water partition coefficient (Wildman–Crippen LogP) is 4.84. The molecular weight excluding hydrogens is 350 g/mol. The Morgan fingerprint density at radius 1 is 1.32 bits per heavy atom. The van der Waals surface area contributed by atoms with Gasteiger partial charge in [0.25, 0.3) is 5.91 Å². The fraction of sp³-hybridized carbons (Fsp3) is 0.263. The molecule has 1 amide bonds. The summed E-state index contributed by atoms with van der Waals surface area (Å²) in [5.74, 6) is 0.692. The first-order chi connectivity index (χ1) is 12.3. The highest BCUT2D eigenvalue weighted by atomic mass is 32.2. The maximum atomic E-state index is 12.7. The zero-order valence-corrected chi connectivity index (χ0v) is 15.6. The molecule has 6 heteroatoms. The maximum Gasteiger partial charge on any atom is 0.268 e. The molecule has 0 spiro atoms. The van der Waals surface area contributed by atoms with Crippen molar-refractivity contribution in [3.63, 3.8) is 0 Å². The second-order valence-electron chi connectivity index (χ2n) is 6.04. The maximum absolute atomic E-state index is 12.7. The molecule has 0 radical (unpaired) electrons. The van der Waals surface area contributed by atoms with Gasteiger partial charge in [0, 0.05) is 11.0 Å². The number of hydrogen-bond acceptors (Lipinski definition) is 4. The fourth-order valence-corrected chi connectivity index (χ4v) is 5.09. The number of anilines is 1. The van der Waals surface area contributed by atoms with Gasteiger partial charge in [-0.2, -0.15) is 5.10 Å². The zero-order chi connectivity index (χ0) is 17.2. The van der Waals surface area contributed by atoms with E-state index in [1.807, 2.05) is 28.5 Å². The van der Waals surface area contributed by atoms with Crippen molar-refractivity contribution in [2.24, 2.45) is 0 Å². The van der Waals surface area contributed by atoms with Gasteiger partial charge in [0.15, 0.2) is 0 Å². The van der Waals surface area contributed by atoms with Crippen molar-refractivity contribution >= 4 is 34.8 Å². The number of aromatic nitrogens is 2. The molecule has 1 aliphatic carbocycles. The Kier molecular flexibility index (Phi) is 4.63. The third kappa shape index (κ3) is 3.12. The van der Waals surface area contributed by atoms with E-state index in [1.54, 1.807) is 18.0 Å². The minimum Gasteiger partial charge on any atom is -0.306 e. The Labute approximate surface area is 155 Å². The summed E-state index contributed by atoms with van der Waals surface area (Å²) in [6.45, 7) is 0. The van der Waals surface area contributed by atoms with Crippen LogP contribution in [0.1, 0.15) is 39.7 Å². The fourth-order valence-electron chi connectivity index (χ4n) is 3.44. The number of nitrogens with zero attached hydrogens (tertiary/aromatic N) is 2. The number of aryl methyl sites for hydroxylation is 1. The molecule has 0 bridgehead atoms. The number of thioether (sulfide) groups is 1. The molecule has 2 heterocycles. The third-order valence-electron chi connectivity index (χ3n) is 4.60. The van der Waals surface area contributed by atoms with Gasteiger partial charge in [0.1, 0.15) is 10.7 Å². The molecule has 0 saturated heterocycles. The summed E-state index contributed by atoms with van der Waals surface area (Å²) < 4.78 is 1.96. The molecule has 0 aliphatic heterocycles. The Bertz CT molecular complexity index is 899. The van der Waals surface area contributed by atoms with E-state index in [1.165, 1.54) is 22.5 Å². The van der Waals surface area contributed by atoms with E-state index in [-0.39, 0.29) is 11.9 Å². The first kappa shape index (κ1) is 16.4. The Morgan fingerprint density at radius 3 is 3.08 bits per heavy atom. The Balaban J connectivity index is 1.63. The van der Waals surface area contributed by atoms with Gasteiger partial charge < -0.3 is 5.32 Å². The van der Waals surface area contributed by atoms with E-state index in [4.69, 9.17) is 0 Å². The number of carbonyl (C=O) groups excluding carboxylic acids is 1. The number of rotatable bonds is 4. The van der Waals surface area contributed by atoms with Crippen LogP contribution in [-0.4, -0.2) is 21.9 Å². The largest absolute Gasteiger partial charge is 0.306 e. The van der Waals surface area contributed by atoms with Gasteiger partial charge in [-0.15, -0.1) is 23.1 Å². The van der Waals surface area contributed by atoms with Crippen LogP contribution in [0.5, 0.6) is 0 Å². The monoisotopic (exact) mass is 369 g/mol. The average Bonchev–Trinajstić information content (AvgIpc) is 3.30. The summed E-state index contributed by atoms with van der Waals surface area (Å²) in [7, 11) is 0. The summed E-state index contributed by atoms with van der Waals surface area (Å²) in [6, 6.07) is 12.6.